The molecule has 1 saturated heterocycles. The van der Waals surface area contributed by atoms with Gasteiger partial charge in [-0.1, -0.05) is 11.6 Å². The number of benzene rings is 1. The third-order valence-corrected chi connectivity index (χ3v) is 6.30. The molecule has 1 N–H and O–H groups in total. The summed E-state index contributed by atoms with van der Waals surface area (Å²) in [4.78, 5) is 16.3. The second-order valence-corrected chi connectivity index (χ2v) is 8.32. The molecule has 0 spiro atoms. The molecule has 27 heavy (non-hydrogen) atoms. The number of halogens is 1. The largest absolute Gasteiger partial charge is 0.492 e. The molecular weight excluding hydrogens is 390 g/mol. The Labute approximate surface area is 163 Å². The first-order valence-corrected chi connectivity index (χ1v) is 10.4. The number of nitrogens with zero attached hydrogens (tertiary/aromatic N) is 2. The molecule has 1 aromatic carbocycles. The van der Waals surface area contributed by atoms with E-state index in [4.69, 9.17) is 16.3 Å². The van der Waals surface area contributed by atoms with Gasteiger partial charge in [0.05, 0.1) is 6.61 Å². The average molecular weight is 410 g/mol. The van der Waals surface area contributed by atoms with Gasteiger partial charge in [0.15, 0.2) is 0 Å². The molecule has 0 radical (unpaired) electrons. The van der Waals surface area contributed by atoms with Crippen molar-refractivity contribution in [2.75, 3.05) is 25.0 Å². The minimum atomic E-state index is -3.70. The van der Waals surface area contributed by atoms with Crippen LogP contribution in [0.2, 0.25) is 5.15 Å². The van der Waals surface area contributed by atoms with Crippen LogP contribution >= 0.6 is 11.6 Å². The third-order valence-electron chi connectivity index (χ3n) is 4.17. The lowest BCUT2D eigenvalue weighted by Crippen LogP contribution is -2.28. The predicted molar refractivity (Wildman–Crippen MR) is 103 cm³/mol. The molecule has 1 aliphatic heterocycles. The van der Waals surface area contributed by atoms with E-state index < -0.39 is 15.9 Å². The highest BCUT2D eigenvalue weighted by molar-refractivity contribution is 7.89. The van der Waals surface area contributed by atoms with E-state index in [1.807, 2.05) is 0 Å². The normalized spacial score (nSPS) is 14.9. The molecule has 1 fully saturated rings. The van der Waals surface area contributed by atoms with Crippen molar-refractivity contribution in [2.24, 2.45) is 0 Å². The molecule has 2 aromatic rings. The first kappa shape index (κ1) is 19.6. The summed E-state index contributed by atoms with van der Waals surface area (Å²) in [6.45, 7) is 3.10. The molecule has 0 bridgehead atoms. The Balaban J connectivity index is 1.92. The van der Waals surface area contributed by atoms with Crippen LogP contribution in [0.15, 0.2) is 41.4 Å². The summed E-state index contributed by atoms with van der Waals surface area (Å²) in [6.07, 6.45) is 3.10. The Morgan fingerprint density at radius 2 is 2.00 bits per heavy atom. The monoisotopic (exact) mass is 409 g/mol. The first-order valence-electron chi connectivity index (χ1n) is 8.61. The highest BCUT2D eigenvalue weighted by Gasteiger charge is 2.30. The van der Waals surface area contributed by atoms with E-state index in [9.17, 15) is 13.2 Å². The van der Waals surface area contributed by atoms with Gasteiger partial charge in [-0.25, -0.2) is 13.4 Å². The summed E-state index contributed by atoms with van der Waals surface area (Å²) in [5.74, 6) is -0.137. The smallest absolute Gasteiger partial charge is 0.255 e. The lowest BCUT2D eigenvalue weighted by Gasteiger charge is -2.19. The van der Waals surface area contributed by atoms with Crippen LogP contribution in [0.4, 0.5) is 5.69 Å². The number of rotatable bonds is 6. The lowest BCUT2D eigenvalue weighted by atomic mass is 10.2. The fraction of sp³-hybridized carbons (Fsp3) is 0.333. The molecule has 0 saturated carbocycles. The Morgan fingerprint density at radius 1 is 1.26 bits per heavy atom. The molecule has 2 heterocycles. The molecule has 1 aliphatic rings. The molecule has 9 heteroatoms. The molecule has 144 valence electrons. The zero-order valence-electron chi connectivity index (χ0n) is 14.8. The Hall–Kier alpha value is -2.16. The number of sulfonamides is 1. The van der Waals surface area contributed by atoms with Gasteiger partial charge < -0.3 is 10.1 Å². The number of anilines is 1. The summed E-state index contributed by atoms with van der Waals surface area (Å²) >= 11 is 5.81. The number of carbonyl (C=O) groups is 1. The fourth-order valence-electron chi connectivity index (χ4n) is 2.88. The Kier molecular flexibility index (Phi) is 5.98. The standard InChI is InChI=1S/C18H20ClN3O4S/c1-2-26-15-6-5-14(21-18(23)13-7-8-20-17(19)11-13)12-16(15)27(24,25)22-9-3-4-10-22/h5-8,11-12H,2-4,9-10H2,1H3,(H,21,23). The number of aromatic nitrogens is 1. The topological polar surface area (TPSA) is 88.6 Å². The van der Waals surface area contributed by atoms with Gasteiger partial charge in [-0.05, 0) is 50.1 Å². The average Bonchev–Trinajstić information content (AvgIpc) is 3.18. The second-order valence-electron chi connectivity index (χ2n) is 6.03. The van der Waals surface area contributed by atoms with Gasteiger partial charge in [-0.3, -0.25) is 4.79 Å². The van der Waals surface area contributed by atoms with E-state index in [1.54, 1.807) is 19.1 Å². The number of hydrogen-bond donors (Lipinski definition) is 1. The molecule has 0 aliphatic carbocycles. The van der Waals surface area contributed by atoms with Gasteiger partial charge in [0, 0.05) is 30.5 Å². The van der Waals surface area contributed by atoms with Crippen LogP contribution in [0.5, 0.6) is 5.75 Å². The number of ether oxygens (including phenoxy) is 1. The van der Waals surface area contributed by atoms with Crippen molar-refractivity contribution in [1.82, 2.24) is 9.29 Å². The molecule has 1 amide bonds. The summed E-state index contributed by atoms with van der Waals surface area (Å²) in [5.41, 5.74) is 0.682. The molecule has 0 atom stereocenters. The zero-order chi connectivity index (χ0) is 19.4. The van der Waals surface area contributed by atoms with Crippen LogP contribution < -0.4 is 10.1 Å². The molecule has 7 nitrogen and oxygen atoms in total. The quantitative estimate of drug-likeness (QED) is 0.740. The van der Waals surface area contributed by atoms with E-state index in [-0.39, 0.29) is 15.8 Å². The zero-order valence-corrected chi connectivity index (χ0v) is 16.4. The van der Waals surface area contributed by atoms with Crippen molar-refractivity contribution in [2.45, 2.75) is 24.7 Å². The minimum Gasteiger partial charge on any atom is -0.492 e. The second kappa shape index (κ2) is 8.24. The Bertz CT molecular complexity index is 943. The van der Waals surface area contributed by atoms with E-state index in [0.29, 0.717) is 30.9 Å². The van der Waals surface area contributed by atoms with Crippen LogP contribution in [0.3, 0.4) is 0 Å². The molecule has 0 unspecified atom stereocenters. The summed E-state index contributed by atoms with van der Waals surface area (Å²) in [7, 11) is -3.70. The number of hydrogen-bond acceptors (Lipinski definition) is 5. The maximum absolute atomic E-state index is 13.0. The highest BCUT2D eigenvalue weighted by atomic mass is 35.5. The minimum absolute atomic E-state index is 0.0526. The lowest BCUT2D eigenvalue weighted by molar-refractivity contribution is 0.102. The fourth-order valence-corrected chi connectivity index (χ4v) is 4.72. The summed E-state index contributed by atoms with van der Waals surface area (Å²) < 4.78 is 32.9. The van der Waals surface area contributed by atoms with Crippen molar-refractivity contribution in [3.05, 3.63) is 47.2 Å². The van der Waals surface area contributed by atoms with Crippen LogP contribution in [0, 0.1) is 0 Å². The summed E-state index contributed by atoms with van der Waals surface area (Å²) in [6, 6.07) is 7.56. The van der Waals surface area contributed by atoms with Crippen molar-refractivity contribution in [3.8, 4) is 5.75 Å². The number of carbonyl (C=O) groups excluding carboxylic acids is 1. The van der Waals surface area contributed by atoms with Gasteiger partial charge in [-0.15, -0.1) is 0 Å². The van der Waals surface area contributed by atoms with Gasteiger partial charge in [-0.2, -0.15) is 4.31 Å². The van der Waals surface area contributed by atoms with Gasteiger partial charge in [0.1, 0.15) is 15.8 Å². The van der Waals surface area contributed by atoms with Crippen LogP contribution in [0.1, 0.15) is 30.1 Å². The highest BCUT2D eigenvalue weighted by Crippen LogP contribution is 2.31. The molecule has 3 rings (SSSR count). The predicted octanol–water partition coefficient (Wildman–Crippen LogP) is 3.17. The van der Waals surface area contributed by atoms with Gasteiger partial charge >= 0.3 is 0 Å². The Morgan fingerprint density at radius 3 is 2.67 bits per heavy atom. The van der Waals surface area contributed by atoms with Crippen LogP contribution in [-0.2, 0) is 10.0 Å². The first-order chi connectivity index (χ1) is 12.9. The van der Waals surface area contributed by atoms with E-state index in [0.717, 1.165) is 12.8 Å². The van der Waals surface area contributed by atoms with Crippen LogP contribution in [0.25, 0.3) is 0 Å². The van der Waals surface area contributed by atoms with E-state index in [1.165, 1.54) is 28.7 Å². The number of pyridine rings is 1. The van der Waals surface area contributed by atoms with Crippen molar-refractivity contribution < 1.29 is 17.9 Å². The maximum Gasteiger partial charge on any atom is 0.255 e. The van der Waals surface area contributed by atoms with Gasteiger partial charge in [0.2, 0.25) is 10.0 Å². The van der Waals surface area contributed by atoms with E-state index >= 15 is 0 Å². The van der Waals surface area contributed by atoms with Crippen molar-refractivity contribution in [1.29, 1.82) is 0 Å². The number of amides is 1. The third kappa shape index (κ3) is 4.40. The number of nitrogens with one attached hydrogen (secondary N) is 1. The molecule has 1 aromatic heterocycles. The van der Waals surface area contributed by atoms with Crippen LogP contribution in [-0.4, -0.2) is 43.3 Å². The van der Waals surface area contributed by atoms with Crippen molar-refractivity contribution in [3.63, 3.8) is 0 Å². The maximum atomic E-state index is 13.0. The summed E-state index contributed by atoms with van der Waals surface area (Å²) in [5, 5.41) is 2.89. The SMILES string of the molecule is CCOc1ccc(NC(=O)c2ccnc(Cl)c2)cc1S(=O)(=O)N1CCCC1. The van der Waals surface area contributed by atoms with Crippen molar-refractivity contribution >= 4 is 33.2 Å². The van der Waals surface area contributed by atoms with Gasteiger partial charge in [0.25, 0.3) is 5.91 Å². The van der Waals surface area contributed by atoms with E-state index in [2.05, 4.69) is 10.3 Å². The molecular formula is C18H20ClN3O4S.